The van der Waals surface area contributed by atoms with Gasteiger partial charge in [-0.25, -0.2) is 0 Å². The summed E-state index contributed by atoms with van der Waals surface area (Å²) in [5.41, 5.74) is 8.78. The van der Waals surface area contributed by atoms with E-state index in [1.165, 1.54) is 25.7 Å². The number of hydrogen-bond donors (Lipinski definition) is 3. The summed E-state index contributed by atoms with van der Waals surface area (Å²) in [4.78, 5) is 25.5. The number of carbonyl (C=O) groups excluding carboxylic acids is 2. The topological polar surface area (TPSA) is 84.2 Å². The molecule has 0 radical (unpaired) electrons. The highest BCUT2D eigenvalue weighted by Gasteiger charge is 2.40. The largest absolute Gasteiger partial charge is 0.349 e. The van der Waals surface area contributed by atoms with Crippen molar-refractivity contribution >= 4 is 29.9 Å². The van der Waals surface area contributed by atoms with Gasteiger partial charge in [-0.1, -0.05) is 25.7 Å². The number of amides is 2. The Hall–Kier alpha value is -1.59. The second-order valence-electron chi connectivity index (χ2n) is 9.52. The highest BCUT2D eigenvalue weighted by molar-refractivity contribution is 5.97. The molecule has 30 heavy (non-hydrogen) atoms. The van der Waals surface area contributed by atoms with E-state index in [0.29, 0.717) is 23.4 Å². The first-order chi connectivity index (χ1) is 14.0. The van der Waals surface area contributed by atoms with Gasteiger partial charge in [0.15, 0.2) is 0 Å². The molecule has 6 heteroatoms. The molecule has 0 aromatic heterocycles. The molecule has 3 aliphatic carbocycles. The summed E-state index contributed by atoms with van der Waals surface area (Å²) in [7, 11) is 0. The summed E-state index contributed by atoms with van der Waals surface area (Å²) in [6, 6.07) is 6.16. The van der Waals surface area contributed by atoms with E-state index < -0.39 is 0 Å². The van der Waals surface area contributed by atoms with E-state index in [0.717, 1.165) is 49.8 Å². The minimum Gasteiger partial charge on any atom is -0.349 e. The standard InChI is InChI=1S/C24H35N3O2.ClH/c1-15-12-18(23(28)26-20-8-3-2-4-9-20)10-11-21(15)27-24(29)19-13-16-6-5-7-17(14-19)22(16)25;/h10-12,16-17,19-20,22H,2-9,13-14,25H2,1H3,(H,26,28)(H,27,29);1H. The average molecular weight is 434 g/mol. The van der Waals surface area contributed by atoms with Crippen LogP contribution in [0.5, 0.6) is 0 Å². The third kappa shape index (κ3) is 5.17. The van der Waals surface area contributed by atoms with Gasteiger partial charge >= 0.3 is 0 Å². The lowest BCUT2D eigenvalue weighted by Gasteiger charge is -2.43. The quantitative estimate of drug-likeness (QED) is 0.650. The van der Waals surface area contributed by atoms with Crippen LogP contribution in [-0.4, -0.2) is 23.9 Å². The maximum absolute atomic E-state index is 12.9. The smallest absolute Gasteiger partial charge is 0.251 e. The Morgan fingerprint density at radius 3 is 2.27 bits per heavy atom. The highest BCUT2D eigenvalue weighted by Crippen LogP contribution is 2.42. The third-order valence-electron chi connectivity index (χ3n) is 7.47. The molecule has 5 nitrogen and oxygen atoms in total. The minimum atomic E-state index is -0.00744. The zero-order chi connectivity index (χ0) is 20.4. The molecule has 1 aromatic carbocycles. The molecule has 1 aromatic rings. The van der Waals surface area contributed by atoms with Crippen molar-refractivity contribution in [3.8, 4) is 0 Å². The predicted octanol–water partition coefficient (Wildman–Crippen LogP) is 4.57. The van der Waals surface area contributed by atoms with Crippen LogP contribution in [0.3, 0.4) is 0 Å². The maximum atomic E-state index is 12.9. The van der Waals surface area contributed by atoms with E-state index in [1.54, 1.807) is 0 Å². The first-order valence-electron chi connectivity index (χ1n) is 11.5. The van der Waals surface area contributed by atoms with E-state index in [1.807, 2.05) is 25.1 Å². The summed E-state index contributed by atoms with van der Waals surface area (Å²) in [5, 5.41) is 6.28. The molecule has 2 unspecified atom stereocenters. The fourth-order valence-electron chi connectivity index (χ4n) is 5.70. The third-order valence-corrected chi connectivity index (χ3v) is 7.47. The molecule has 3 fully saturated rings. The van der Waals surface area contributed by atoms with Crippen molar-refractivity contribution in [3.05, 3.63) is 29.3 Å². The number of nitrogens with one attached hydrogen (secondary N) is 2. The second-order valence-corrected chi connectivity index (χ2v) is 9.52. The summed E-state index contributed by atoms with van der Waals surface area (Å²) < 4.78 is 0. The molecule has 2 atom stereocenters. The summed E-state index contributed by atoms with van der Waals surface area (Å²) in [5.74, 6) is 1.14. The van der Waals surface area contributed by atoms with Crippen molar-refractivity contribution in [1.29, 1.82) is 0 Å². The number of aryl methyl sites for hydroxylation is 1. The van der Waals surface area contributed by atoms with Gasteiger partial charge in [0.05, 0.1) is 0 Å². The molecule has 4 N–H and O–H groups in total. The summed E-state index contributed by atoms with van der Waals surface area (Å²) in [6.07, 6.45) is 11.2. The molecule has 3 saturated carbocycles. The van der Waals surface area contributed by atoms with Crippen LogP contribution >= 0.6 is 12.4 Å². The van der Waals surface area contributed by atoms with Gasteiger partial charge in [-0.3, -0.25) is 9.59 Å². The van der Waals surface area contributed by atoms with Crippen molar-refractivity contribution in [2.75, 3.05) is 5.32 Å². The molecule has 2 amide bonds. The number of carbonyl (C=O) groups is 2. The van der Waals surface area contributed by atoms with Crippen LogP contribution in [0.15, 0.2) is 18.2 Å². The lowest BCUT2D eigenvalue weighted by atomic mass is 9.65. The van der Waals surface area contributed by atoms with Crippen LogP contribution in [0.1, 0.15) is 80.1 Å². The average Bonchev–Trinajstić information content (AvgIpc) is 2.70. The normalized spacial score (nSPS) is 28.9. The van der Waals surface area contributed by atoms with Gasteiger partial charge in [0, 0.05) is 29.3 Å². The monoisotopic (exact) mass is 433 g/mol. The molecule has 0 heterocycles. The van der Waals surface area contributed by atoms with Crippen LogP contribution in [-0.2, 0) is 4.79 Å². The highest BCUT2D eigenvalue weighted by atomic mass is 35.5. The van der Waals surface area contributed by atoms with Crippen molar-refractivity contribution < 1.29 is 9.59 Å². The Morgan fingerprint density at radius 2 is 1.63 bits per heavy atom. The Bertz CT molecular complexity index is 749. The van der Waals surface area contributed by atoms with Crippen LogP contribution in [0.25, 0.3) is 0 Å². The van der Waals surface area contributed by atoms with Gasteiger partial charge in [0.25, 0.3) is 5.91 Å². The van der Waals surface area contributed by atoms with Crippen LogP contribution < -0.4 is 16.4 Å². The Kier molecular flexibility index (Phi) is 7.81. The number of nitrogens with two attached hydrogens (primary N) is 1. The molecule has 0 saturated heterocycles. The van der Waals surface area contributed by atoms with E-state index in [2.05, 4.69) is 10.6 Å². The number of halogens is 1. The molecule has 3 aliphatic rings. The zero-order valence-electron chi connectivity index (χ0n) is 18.0. The van der Waals surface area contributed by atoms with Gasteiger partial charge in [-0.2, -0.15) is 0 Å². The molecule has 166 valence electrons. The van der Waals surface area contributed by atoms with Crippen LogP contribution in [0, 0.1) is 24.7 Å². The van der Waals surface area contributed by atoms with Crippen molar-refractivity contribution in [1.82, 2.24) is 5.32 Å². The molecular formula is C24H36ClN3O2. The summed E-state index contributed by atoms with van der Waals surface area (Å²) in [6.45, 7) is 1.96. The van der Waals surface area contributed by atoms with Gasteiger partial charge in [0.1, 0.15) is 0 Å². The molecule has 0 spiro atoms. The number of benzene rings is 1. The fourth-order valence-corrected chi connectivity index (χ4v) is 5.70. The lowest BCUT2D eigenvalue weighted by molar-refractivity contribution is -0.122. The Morgan fingerprint density at radius 1 is 0.967 bits per heavy atom. The van der Waals surface area contributed by atoms with Gasteiger partial charge in [-0.15, -0.1) is 12.4 Å². The van der Waals surface area contributed by atoms with Crippen LogP contribution in [0.2, 0.25) is 0 Å². The lowest BCUT2D eigenvalue weighted by Crippen LogP contribution is -2.48. The van der Waals surface area contributed by atoms with Gasteiger partial charge < -0.3 is 16.4 Å². The molecule has 4 rings (SSSR count). The van der Waals surface area contributed by atoms with E-state index in [-0.39, 0.29) is 36.2 Å². The Balaban J connectivity index is 0.00000256. The van der Waals surface area contributed by atoms with E-state index in [9.17, 15) is 9.59 Å². The first-order valence-corrected chi connectivity index (χ1v) is 11.5. The number of rotatable bonds is 4. The summed E-state index contributed by atoms with van der Waals surface area (Å²) >= 11 is 0. The van der Waals surface area contributed by atoms with Crippen molar-refractivity contribution in [2.24, 2.45) is 23.5 Å². The minimum absolute atomic E-state index is 0. The second kappa shape index (κ2) is 10.1. The SMILES string of the molecule is Cc1cc(C(=O)NC2CCCCC2)ccc1NC(=O)C1CC2CCCC(C1)C2N.Cl. The van der Waals surface area contributed by atoms with Crippen molar-refractivity contribution in [2.45, 2.75) is 83.2 Å². The fraction of sp³-hybridized carbons (Fsp3) is 0.667. The van der Waals surface area contributed by atoms with Crippen molar-refractivity contribution in [3.63, 3.8) is 0 Å². The predicted molar refractivity (Wildman–Crippen MR) is 123 cm³/mol. The molecular weight excluding hydrogens is 398 g/mol. The van der Waals surface area contributed by atoms with Gasteiger partial charge in [0.2, 0.25) is 5.91 Å². The number of fused-ring (bicyclic) bond motifs is 2. The van der Waals surface area contributed by atoms with E-state index in [4.69, 9.17) is 5.73 Å². The number of anilines is 1. The Labute approximate surface area is 186 Å². The van der Waals surface area contributed by atoms with Gasteiger partial charge in [-0.05, 0) is 81.0 Å². The maximum Gasteiger partial charge on any atom is 0.251 e. The number of hydrogen-bond acceptors (Lipinski definition) is 3. The van der Waals surface area contributed by atoms with E-state index >= 15 is 0 Å². The molecule has 0 aliphatic heterocycles. The first kappa shape index (κ1) is 23.1. The molecule has 2 bridgehead atoms. The van der Waals surface area contributed by atoms with Crippen LogP contribution in [0.4, 0.5) is 5.69 Å². The zero-order valence-corrected chi connectivity index (χ0v) is 18.8.